The van der Waals surface area contributed by atoms with Crippen molar-refractivity contribution in [2.24, 2.45) is 5.92 Å². The molecule has 1 unspecified atom stereocenters. The second kappa shape index (κ2) is 9.83. The number of carbonyl (C=O) groups excluding carboxylic acids is 1. The van der Waals surface area contributed by atoms with Crippen LogP contribution in [0, 0.1) is 5.92 Å². The van der Waals surface area contributed by atoms with E-state index in [4.69, 9.17) is 9.16 Å². The van der Waals surface area contributed by atoms with E-state index in [1.54, 1.807) is 20.8 Å². The molecule has 1 heterocycles. The van der Waals surface area contributed by atoms with Gasteiger partial charge in [0, 0.05) is 13.2 Å². The lowest BCUT2D eigenvalue weighted by Gasteiger charge is -2.44. The van der Waals surface area contributed by atoms with Crippen LogP contribution in [0.1, 0.15) is 48.0 Å². The summed E-state index contributed by atoms with van der Waals surface area (Å²) in [5, 5.41) is 2.12. The molecular weight excluding hydrogens is 466 g/mol. The van der Waals surface area contributed by atoms with Crippen LogP contribution in [0.5, 0.6) is 0 Å². The lowest BCUT2D eigenvalue weighted by atomic mass is 10.1. The molecule has 2 aromatic rings. The Bertz CT molecular complexity index is 1040. The van der Waals surface area contributed by atoms with Gasteiger partial charge in [-0.05, 0) is 48.5 Å². The summed E-state index contributed by atoms with van der Waals surface area (Å²) in [5.74, 6) is -0.338. The highest BCUT2D eigenvalue weighted by atomic mass is 32.2. The van der Waals surface area contributed by atoms with E-state index in [1.165, 1.54) is 0 Å². The first-order valence-corrected chi connectivity index (χ1v) is 15.3. The minimum absolute atomic E-state index is 0.103. The molecule has 1 fully saturated rings. The molecule has 1 amide bonds. The van der Waals surface area contributed by atoms with E-state index in [9.17, 15) is 13.2 Å². The average Bonchev–Trinajstić information content (AvgIpc) is 2.73. The molecule has 6 nitrogen and oxygen atoms in total. The van der Waals surface area contributed by atoms with Crippen molar-refractivity contribution in [3.63, 3.8) is 0 Å². The van der Waals surface area contributed by atoms with Crippen molar-refractivity contribution >= 4 is 34.8 Å². The number of sulfonamides is 1. The molecule has 0 aromatic heterocycles. The fraction of sp³-hybridized carbons (Fsp3) is 0.500. The van der Waals surface area contributed by atoms with Crippen molar-refractivity contribution in [3.8, 4) is 0 Å². The first-order valence-electron chi connectivity index (χ1n) is 11.7. The van der Waals surface area contributed by atoms with Gasteiger partial charge in [0.15, 0.2) is 0 Å². The highest BCUT2D eigenvalue weighted by Gasteiger charge is 2.51. The third-order valence-electron chi connectivity index (χ3n) is 6.07. The Labute approximate surface area is 205 Å². The maximum Gasteiger partial charge on any atom is 0.424 e. The van der Waals surface area contributed by atoms with Crippen LogP contribution in [0.15, 0.2) is 60.7 Å². The van der Waals surface area contributed by atoms with Crippen LogP contribution in [0.3, 0.4) is 0 Å². The number of nitrogens with zero attached hydrogens (tertiary/aromatic N) is 1. The molecule has 0 radical (unpaired) electrons. The molecule has 186 valence electrons. The summed E-state index contributed by atoms with van der Waals surface area (Å²) < 4.78 is 39.0. The minimum atomic E-state index is -3.78. The summed E-state index contributed by atoms with van der Waals surface area (Å²) in [5.41, 5.74) is -0.754. The van der Waals surface area contributed by atoms with Gasteiger partial charge in [0.05, 0.1) is 5.75 Å². The van der Waals surface area contributed by atoms with Gasteiger partial charge in [-0.2, -0.15) is 0 Å². The largest absolute Gasteiger partial charge is 0.443 e. The van der Waals surface area contributed by atoms with Crippen LogP contribution in [0.4, 0.5) is 4.79 Å². The molecule has 0 aliphatic carbocycles. The predicted octanol–water partition coefficient (Wildman–Crippen LogP) is 4.15. The second-order valence-electron chi connectivity index (χ2n) is 11.0. The van der Waals surface area contributed by atoms with Gasteiger partial charge in [-0.25, -0.2) is 17.5 Å². The summed E-state index contributed by atoms with van der Waals surface area (Å²) in [4.78, 5) is 12.5. The normalized spacial score (nSPS) is 19.0. The Morgan fingerprint density at radius 1 is 0.941 bits per heavy atom. The Morgan fingerprint density at radius 2 is 1.44 bits per heavy atom. The van der Waals surface area contributed by atoms with Gasteiger partial charge in [0.25, 0.3) is 8.32 Å². The number of carbonyl (C=O) groups is 1. The molecule has 8 heteroatoms. The molecule has 1 aliphatic rings. The Morgan fingerprint density at radius 3 is 1.85 bits per heavy atom. The van der Waals surface area contributed by atoms with Gasteiger partial charge < -0.3 is 9.16 Å². The zero-order valence-electron chi connectivity index (χ0n) is 21.1. The lowest BCUT2D eigenvalue weighted by Crippen LogP contribution is -2.67. The van der Waals surface area contributed by atoms with Gasteiger partial charge in [0.2, 0.25) is 10.0 Å². The summed E-state index contributed by atoms with van der Waals surface area (Å²) in [6.45, 7) is 12.2. The van der Waals surface area contributed by atoms with E-state index in [1.807, 2.05) is 36.4 Å². The molecule has 0 spiro atoms. The van der Waals surface area contributed by atoms with Crippen LogP contribution in [0.2, 0.25) is 5.04 Å². The Hall–Kier alpha value is -2.16. The summed E-state index contributed by atoms with van der Waals surface area (Å²) in [6.07, 6.45) is -0.268. The molecular formula is C26H37NO5SSi. The van der Waals surface area contributed by atoms with Crippen LogP contribution in [-0.2, 0) is 19.2 Å². The van der Waals surface area contributed by atoms with Crippen molar-refractivity contribution in [1.29, 1.82) is 0 Å². The van der Waals surface area contributed by atoms with Gasteiger partial charge in [-0.3, -0.25) is 0 Å². The fourth-order valence-electron chi connectivity index (χ4n) is 4.56. The van der Waals surface area contributed by atoms with Crippen LogP contribution >= 0.6 is 0 Å². The fourth-order valence-corrected chi connectivity index (χ4v) is 10.9. The molecule has 1 atom stereocenters. The van der Waals surface area contributed by atoms with Crippen LogP contribution in [-0.4, -0.2) is 51.6 Å². The molecule has 0 saturated carbocycles. The maximum absolute atomic E-state index is 13.0. The van der Waals surface area contributed by atoms with Crippen molar-refractivity contribution < 1.29 is 22.4 Å². The summed E-state index contributed by atoms with van der Waals surface area (Å²) >= 11 is 0. The third-order valence-corrected chi connectivity index (χ3v) is 13.0. The van der Waals surface area contributed by atoms with E-state index < -0.39 is 30.0 Å². The van der Waals surface area contributed by atoms with E-state index in [2.05, 4.69) is 45.0 Å². The number of benzene rings is 2. The van der Waals surface area contributed by atoms with Crippen LogP contribution < -0.4 is 10.4 Å². The standard InChI is InChI=1S/C26H37NO5SSi/c1-25(2,3)32-24(28)27-18-17-21(20-33(27,29)30)19-31-34(26(4,5)6,22-13-9-7-10-14-22)23-15-11-8-12-16-23/h7-16,21H,17-20H2,1-6H3. The van der Waals surface area contributed by atoms with Crippen molar-refractivity contribution in [2.45, 2.75) is 58.6 Å². The lowest BCUT2D eigenvalue weighted by molar-refractivity contribution is 0.0371. The molecule has 1 aliphatic heterocycles. The third kappa shape index (κ3) is 5.72. The second-order valence-corrected chi connectivity index (χ2v) is 17.2. The number of ether oxygens (including phenoxy) is 1. The van der Waals surface area contributed by atoms with Crippen molar-refractivity contribution in [2.75, 3.05) is 18.9 Å². The van der Waals surface area contributed by atoms with Gasteiger partial charge in [-0.1, -0.05) is 81.4 Å². The molecule has 1 saturated heterocycles. The first-order chi connectivity index (χ1) is 15.8. The highest BCUT2D eigenvalue weighted by Crippen LogP contribution is 2.37. The number of hydrogen-bond acceptors (Lipinski definition) is 5. The molecule has 2 aromatic carbocycles. The molecule has 0 N–H and O–H groups in total. The monoisotopic (exact) mass is 503 g/mol. The van der Waals surface area contributed by atoms with Gasteiger partial charge in [0.1, 0.15) is 5.60 Å². The van der Waals surface area contributed by atoms with E-state index in [0.717, 1.165) is 14.7 Å². The average molecular weight is 504 g/mol. The van der Waals surface area contributed by atoms with E-state index >= 15 is 0 Å². The highest BCUT2D eigenvalue weighted by molar-refractivity contribution is 7.89. The quantitative estimate of drug-likeness (QED) is 0.573. The summed E-state index contributed by atoms with van der Waals surface area (Å²) in [6, 6.07) is 20.6. The molecule has 3 rings (SSSR count). The van der Waals surface area contributed by atoms with Gasteiger partial charge in [-0.15, -0.1) is 0 Å². The van der Waals surface area contributed by atoms with E-state index in [0.29, 0.717) is 13.0 Å². The zero-order valence-corrected chi connectivity index (χ0v) is 22.9. The van der Waals surface area contributed by atoms with Crippen molar-refractivity contribution in [3.05, 3.63) is 60.7 Å². The van der Waals surface area contributed by atoms with Crippen LogP contribution in [0.25, 0.3) is 0 Å². The predicted molar refractivity (Wildman–Crippen MR) is 138 cm³/mol. The number of amides is 1. The van der Waals surface area contributed by atoms with E-state index in [-0.39, 0.29) is 23.3 Å². The first kappa shape index (κ1) is 26.4. The zero-order chi connectivity index (χ0) is 25.2. The number of rotatable bonds is 5. The minimum Gasteiger partial charge on any atom is -0.443 e. The maximum atomic E-state index is 13.0. The smallest absolute Gasteiger partial charge is 0.424 e. The Balaban J connectivity index is 1.87. The Kier molecular flexibility index (Phi) is 7.65. The SMILES string of the molecule is CC(C)(C)OC(=O)N1CCC(CO[Si](c2ccccc2)(c2ccccc2)C(C)(C)C)CS1(=O)=O. The number of hydrogen-bond donors (Lipinski definition) is 0. The van der Waals surface area contributed by atoms with Gasteiger partial charge >= 0.3 is 6.09 Å². The summed E-state index contributed by atoms with van der Waals surface area (Å²) in [7, 11) is -6.53. The van der Waals surface area contributed by atoms with Crippen molar-refractivity contribution in [1.82, 2.24) is 4.31 Å². The molecule has 34 heavy (non-hydrogen) atoms. The molecule has 0 bridgehead atoms. The topological polar surface area (TPSA) is 72.9 Å².